The second-order valence-corrected chi connectivity index (χ2v) is 36.6. The number of benzene rings is 18. The Morgan fingerprint density at radius 2 is 0.367 bits per heavy atom. The molecule has 18 aromatic carbocycles. The van der Waals surface area contributed by atoms with E-state index in [1.807, 2.05) is 224 Å². The fraction of sp³-hybridized carbons (Fsp3) is 0. The van der Waals surface area contributed by atoms with Gasteiger partial charge in [0.1, 0.15) is 34.9 Å². The lowest BCUT2D eigenvalue weighted by molar-refractivity contribution is 1.01. The van der Waals surface area contributed by atoms with Crippen molar-refractivity contribution < 1.29 is 0 Å². The van der Waals surface area contributed by atoms with Crippen LogP contribution in [0.3, 0.4) is 0 Å². The smallest absolute Gasteiger partial charge is 0.194 e. The lowest BCUT2D eigenvalue weighted by atomic mass is 9.98. The number of fused-ring (bicyclic) bond motifs is 18. The highest BCUT2D eigenvalue weighted by Gasteiger charge is 2.27. The molecule has 0 amide bonds. The van der Waals surface area contributed by atoms with Gasteiger partial charge in [0.25, 0.3) is 0 Å². The molecule has 0 N–H and O–H groups in total. The van der Waals surface area contributed by atoms with Gasteiger partial charge < -0.3 is 0 Å². The molecule has 0 unspecified atom stereocenters. The molecule has 27 aromatic rings. The van der Waals surface area contributed by atoms with Crippen LogP contribution in [0.1, 0.15) is 44.5 Å². The van der Waals surface area contributed by atoms with Crippen LogP contribution < -0.4 is 0 Å². The van der Waals surface area contributed by atoms with Crippen LogP contribution in [0.2, 0.25) is 0 Å². The number of rotatable bonds is 12. The minimum absolute atomic E-state index is 0.545. The Morgan fingerprint density at radius 1 is 0.160 bits per heavy atom. The van der Waals surface area contributed by atoms with E-state index in [9.17, 15) is 42.1 Å². The third-order valence-electron chi connectivity index (χ3n) is 28.2. The fourth-order valence-corrected chi connectivity index (χ4v) is 21.4. The summed E-state index contributed by atoms with van der Waals surface area (Å²) in [7, 11) is 0. The molecule has 9 heterocycles. The summed E-state index contributed by atoms with van der Waals surface area (Å²) in [6.07, 6.45) is 0. The first-order valence-corrected chi connectivity index (χ1v) is 48.4. The Kier molecular flexibility index (Phi) is 21.9. The maximum atomic E-state index is 9.77. The minimum Gasteiger partial charge on any atom is -0.294 e. The first-order chi connectivity index (χ1) is 73.9. The van der Waals surface area contributed by atoms with Gasteiger partial charge in [0.15, 0.2) is 5.69 Å². The minimum atomic E-state index is 0.545. The Hall–Kier alpha value is -22.4. The highest BCUT2D eigenvalue weighted by molar-refractivity contribution is 6.16. The zero-order valence-electron chi connectivity index (χ0n) is 79.6. The average Bonchev–Trinajstić information content (AvgIpc) is 1.58. The Labute approximate surface area is 858 Å². The number of para-hydroxylation sites is 7. The highest BCUT2D eigenvalue weighted by Crippen LogP contribution is 2.45. The second-order valence-electron chi connectivity index (χ2n) is 36.6. The number of pyridine rings is 3. The van der Waals surface area contributed by atoms with Crippen molar-refractivity contribution in [3.63, 3.8) is 0 Å². The van der Waals surface area contributed by atoms with Crippen LogP contribution in [-0.4, -0.2) is 42.4 Å². The maximum absolute atomic E-state index is 9.77. The second kappa shape index (κ2) is 36.9. The van der Waals surface area contributed by atoms with E-state index in [0.29, 0.717) is 67.6 Å². The van der Waals surface area contributed by atoms with E-state index in [-0.39, 0.29) is 0 Å². The molecule has 0 aliphatic heterocycles. The molecule has 0 atom stereocenters. The molecule has 9 aromatic heterocycles. The number of hydrogen-bond donors (Lipinski definition) is 0. The third-order valence-corrected chi connectivity index (χ3v) is 28.2. The molecule has 150 heavy (non-hydrogen) atoms. The quantitative estimate of drug-likeness (QED) is 0.104. The number of nitriles is 8. The fourth-order valence-electron chi connectivity index (χ4n) is 21.4. The van der Waals surface area contributed by atoms with Gasteiger partial charge in [-0.2, -0.15) is 42.1 Å². The van der Waals surface area contributed by atoms with E-state index in [4.69, 9.17) is 21.5 Å². The van der Waals surface area contributed by atoms with Gasteiger partial charge in [-0.15, -0.1) is 0 Å². The molecular formula is C132H72N18. The van der Waals surface area contributed by atoms with Crippen LogP contribution in [0.5, 0.6) is 0 Å². The largest absolute Gasteiger partial charge is 0.294 e. The molecule has 0 saturated carbocycles. The molecule has 0 aliphatic carbocycles. The molecule has 18 heteroatoms. The molecule has 27 rings (SSSR count). The molecular weight excluding hydrogens is 1840 g/mol. The predicted molar refractivity (Wildman–Crippen MR) is 595 cm³/mol. The summed E-state index contributed by atoms with van der Waals surface area (Å²) in [6, 6.07) is 163. The van der Waals surface area contributed by atoms with E-state index < -0.39 is 0 Å². The van der Waals surface area contributed by atoms with E-state index in [2.05, 4.69) is 293 Å². The van der Waals surface area contributed by atoms with Crippen molar-refractivity contribution in [1.29, 1.82) is 42.1 Å². The van der Waals surface area contributed by atoms with E-state index in [0.717, 1.165) is 215 Å². The van der Waals surface area contributed by atoms with Gasteiger partial charge in [0.05, 0.1) is 166 Å². The standard InChI is InChI=1S/3C44H24N6/c1-47-38-14-5-2-11-33(38)31-10-8-9-30(23-31)32-24-43(49-39-15-6-3-12-34(39)35-13-4-7-16-40(35)49)48-44(25-32)50-41-19-17-28(26-45)21-36(41)37-22-29(27-46)18-20-42(37)50;45-25-28-7-5-8-31(19-28)32-9-6-10-33(22-32)34-23-43(49-39-13-3-1-11-35(39)36-12-2-4-14-40(36)49)48-44(24-34)50-41-17-15-29(26-46)20-37(41)38-21-30(27-47)16-18-42(38)50;45-25-28-12-16-31(17-13-28)32-6-5-7-33(22-32)34-23-43(49-39-10-3-1-8-35(39)36-9-2-4-11-40(36)49)48-44(24-34)50-41-18-14-29(26-46)20-37(41)38-21-30(27-47)15-19-42(38)50/h2-25H;2*1-24H. The molecule has 690 valence electrons. The van der Waals surface area contributed by atoms with Crippen LogP contribution in [0.4, 0.5) is 5.69 Å². The van der Waals surface area contributed by atoms with Gasteiger partial charge in [0, 0.05) is 64.6 Å². The Bertz CT molecular complexity index is 10500. The van der Waals surface area contributed by atoms with Crippen LogP contribution in [-0.2, 0) is 0 Å². The SMILES string of the molecule is N#Cc1ccc(-c2cccc(-c3cc(-n4c5ccccc5c5ccccc54)nc(-n4c5ccc(C#N)cc5c5cc(C#N)ccc54)c3)c2)cc1.N#Cc1cccc(-c2cccc(-c3cc(-n4c5ccccc5c5ccccc54)nc(-n4c5ccc(C#N)cc5c5cc(C#N)ccc54)c3)c2)c1.[C-]#[N+]c1ccccc1-c1cccc(-c2cc(-n3c4ccccc4c4ccccc43)nc(-n3c4ccc(C#N)cc4c4cc(C#N)ccc43)c2)c1. The molecule has 0 aliphatic rings. The number of nitrogens with zero attached hydrogens (tertiary/aromatic N) is 18. The van der Waals surface area contributed by atoms with Crippen molar-refractivity contribution in [2.75, 3.05) is 0 Å². The van der Waals surface area contributed by atoms with E-state index >= 15 is 0 Å². The Morgan fingerprint density at radius 3 is 0.640 bits per heavy atom. The normalized spacial score (nSPS) is 11.1. The summed E-state index contributed by atoms with van der Waals surface area (Å²) >= 11 is 0. The lowest BCUT2D eigenvalue weighted by Crippen LogP contribution is -2.04. The molecule has 0 bridgehead atoms. The number of aromatic nitrogens is 9. The first-order valence-electron chi connectivity index (χ1n) is 48.4. The predicted octanol–water partition coefficient (Wildman–Crippen LogP) is 31.4. The van der Waals surface area contributed by atoms with Gasteiger partial charge in [0.2, 0.25) is 0 Å². The van der Waals surface area contributed by atoms with Crippen LogP contribution >= 0.6 is 0 Å². The molecule has 0 spiro atoms. The molecule has 0 saturated heterocycles. The molecule has 0 radical (unpaired) electrons. The monoisotopic (exact) mass is 1910 g/mol. The maximum Gasteiger partial charge on any atom is 0.194 e. The summed E-state index contributed by atoms with van der Waals surface area (Å²) in [5.74, 6) is 4.36. The first kappa shape index (κ1) is 89.0. The molecule has 18 nitrogen and oxygen atoms in total. The van der Waals surface area contributed by atoms with Crippen LogP contribution in [0.15, 0.2) is 437 Å². The van der Waals surface area contributed by atoms with Gasteiger partial charge >= 0.3 is 0 Å². The lowest BCUT2D eigenvalue weighted by Gasteiger charge is -2.15. The van der Waals surface area contributed by atoms with Crippen molar-refractivity contribution in [3.8, 4) is 150 Å². The summed E-state index contributed by atoms with van der Waals surface area (Å²) in [4.78, 5) is 20.0. The topological polar surface area (TPSA) is 263 Å². The van der Waals surface area contributed by atoms with Crippen molar-refractivity contribution in [3.05, 3.63) is 493 Å². The van der Waals surface area contributed by atoms with Crippen molar-refractivity contribution in [2.24, 2.45) is 0 Å². The van der Waals surface area contributed by atoms with Crippen molar-refractivity contribution >= 4 is 137 Å². The van der Waals surface area contributed by atoms with Crippen LogP contribution in [0, 0.1) is 97.2 Å². The summed E-state index contributed by atoms with van der Waals surface area (Å²) in [6.45, 7) is 7.76. The van der Waals surface area contributed by atoms with Crippen molar-refractivity contribution in [1.82, 2.24) is 42.4 Å². The number of hydrogen-bond acceptors (Lipinski definition) is 11. The summed E-state index contributed by atoms with van der Waals surface area (Å²) < 4.78 is 13.0. The van der Waals surface area contributed by atoms with Crippen LogP contribution in [0.25, 0.3) is 237 Å². The average molecular weight is 1910 g/mol. The molecule has 0 fully saturated rings. The van der Waals surface area contributed by atoms with Gasteiger partial charge in [-0.25, -0.2) is 19.8 Å². The zero-order valence-corrected chi connectivity index (χ0v) is 79.6. The highest BCUT2D eigenvalue weighted by atomic mass is 15.2. The van der Waals surface area contributed by atoms with Gasteiger partial charge in [-0.05, 0) is 291 Å². The summed E-state index contributed by atoms with van der Waals surface area (Å²) in [5, 5.41) is 89.6. The summed E-state index contributed by atoms with van der Waals surface area (Å²) in [5.41, 5.74) is 28.4. The van der Waals surface area contributed by atoms with E-state index in [1.54, 1.807) is 0 Å². The van der Waals surface area contributed by atoms with Gasteiger partial charge in [-0.3, -0.25) is 27.4 Å². The van der Waals surface area contributed by atoms with E-state index in [1.165, 1.54) is 0 Å². The van der Waals surface area contributed by atoms with Gasteiger partial charge in [-0.1, -0.05) is 212 Å². The van der Waals surface area contributed by atoms with Crippen molar-refractivity contribution in [2.45, 2.75) is 0 Å². The zero-order chi connectivity index (χ0) is 101. The third kappa shape index (κ3) is 15.3. The Balaban J connectivity index is 0.000000116.